The predicted octanol–water partition coefficient (Wildman–Crippen LogP) is 3.31. The topological polar surface area (TPSA) is 41.6 Å². The summed E-state index contributed by atoms with van der Waals surface area (Å²) in [5.41, 5.74) is 0.887. The van der Waals surface area contributed by atoms with Crippen molar-refractivity contribution in [2.45, 2.75) is 26.7 Å². The second kappa shape index (κ2) is 9.86. The Morgan fingerprint density at radius 1 is 1.33 bits per heavy atom. The minimum atomic E-state index is 0.135. The SMILES string of the molecule is C=CCOc1cccc(NCC(=O)N(CCC)CCC)c1. The highest BCUT2D eigenvalue weighted by molar-refractivity contribution is 5.80. The van der Waals surface area contributed by atoms with Gasteiger partial charge in [0.15, 0.2) is 0 Å². The van der Waals surface area contributed by atoms with Crippen LogP contribution in [0.3, 0.4) is 0 Å². The van der Waals surface area contributed by atoms with Gasteiger partial charge < -0.3 is 15.0 Å². The molecule has 0 aliphatic rings. The van der Waals surface area contributed by atoms with Crippen LogP contribution >= 0.6 is 0 Å². The van der Waals surface area contributed by atoms with Gasteiger partial charge in [0.05, 0.1) is 6.54 Å². The molecule has 0 bridgehead atoms. The highest BCUT2D eigenvalue weighted by atomic mass is 16.5. The molecule has 0 saturated carbocycles. The molecule has 0 aliphatic heterocycles. The van der Waals surface area contributed by atoms with Gasteiger partial charge in [-0.15, -0.1) is 0 Å². The van der Waals surface area contributed by atoms with Crippen molar-refractivity contribution in [3.05, 3.63) is 36.9 Å². The van der Waals surface area contributed by atoms with E-state index in [1.807, 2.05) is 29.2 Å². The first-order chi connectivity index (χ1) is 10.2. The van der Waals surface area contributed by atoms with Gasteiger partial charge >= 0.3 is 0 Å². The zero-order chi connectivity index (χ0) is 15.5. The zero-order valence-electron chi connectivity index (χ0n) is 13.1. The van der Waals surface area contributed by atoms with Crippen molar-refractivity contribution in [1.29, 1.82) is 0 Å². The molecule has 4 heteroatoms. The Kier molecular flexibility index (Phi) is 8.02. The first kappa shape index (κ1) is 17.1. The maximum absolute atomic E-state index is 12.2. The van der Waals surface area contributed by atoms with E-state index < -0.39 is 0 Å². The molecule has 1 N–H and O–H groups in total. The fourth-order valence-corrected chi connectivity index (χ4v) is 2.04. The molecular formula is C17H26N2O2. The largest absolute Gasteiger partial charge is 0.489 e. The Morgan fingerprint density at radius 3 is 2.67 bits per heavy atom. The number of carbonyl (C=O) groups excluding carboxylic acids is 1. The summed E-state index contributed by atoms with van der Waals surface area (Å²) in [6.45, 7) is 10.2. The van der Waals surface area contributed by atoms with Crippen molar-refractivity contribution in [2.24, 2.45) is 0 Å². The average Bonchev–Trinajstić information content (AvgIpc) is 2.51. The van der Waals surface area contributed by atoms with Crippen LogP contribution in [-0.4, -0.2) is 37.0 Å². The average molecular weight is 290 g/mol. The molecule has 0 heterocycles. The monoisotopic (exact) mass is 290 g/mol. The summed E-state index contributed by atoms with van der Waals surface area (Å²) in [5, 5.41) is 3.16. The van der Waals surface area contributed by atoms with Crippen LogP contribution < -0.4 is 10.1 Å². The number of hydrogen-bond donors (Lipinski definition) is 1. The molecule has 0 fully saturated rings. The van der Waals surface area contributed by atoms with Gasteiger partial charge in [-0.1, -0.05) is 32.6 Å². The Hall–Kier alpha value is -1.97. The summed E-state index contributed by atoms with van der Waals surface area (Å²) in [7, 11) is 0. The lowest BCUT2D eigenvalue weighted by Crippen LogP contribution is -2.36. The Labute approximate surface area is 127 Å². The molecule has 0 atom stereocenters. The summed E-state index contributed by atoms with van der Waals surface area (Å²) in [6.07, 6.45) is 3.67. The number of carbonyl (C=O) groups is 1. The highest BCUT2D eigenvalue weighted by Crippen LogP contribution is 2.17. The van der Waals surface area contributed by atoms with Crippen LogP contribution in [0.2, 0.25) is 0 Å². The molecule has 1 aromatic carbocycles. The standard InChI is InChI=1S/C17H26N2O2/c1-4-10-19(11-5-2)17(20)14-18-15-8-7-9-16(13-15)21-12-6-3/h6-9,13,18H,3-5,10-12,14H2,1-2H3. The number of amides is 1. The molecule has 0 unspecified atom stereocenters. The smallest absolute Gasteiger partial charge is 0.241 e. The minimum absolute atomic E-state index is 0.135. The van der Waals surface area contributed by atoms with E-state index in [0.29, 0.717) is 13.2 Å². The van der Waals surface area contributed by atoms with E-state index in [1.54, 1.807) is 6.08 Å². The molecule has 1 amide bonds. The van der Waals surface area contributed by atoms with Gasteiger partial charge in [-0.25, -0.2) is 0 Å². The van der Waals surface area contributed by atoms with Crippen LogP contribution in [-0.2, 0) is 4.79 Å². The third-order valence-corrected chi connectivity index (χ3v) is 2.99. The van der Waals surface area contributed by atoms with Crippen LogP contribution in [0.15, 0.2) is 36.9 Å². The van der Waals surface area contributed by atoms with Gasteiger partial charge in [-0.3, -0.25) is 4.79 Å². The van der Waals surface area contributed by atoms with Crippen LogP contribution in [0.25, 0.3) is 0 Å². The number of rotatable bonds is 10. The summed E-state index contributed by atoms with van der Waals surface area (Å²) in [4.78, 5) is 14.1. The fourth-order valence-electron chi connectivity index (χ4n) is 2.04. The van der Waals surface area contributed by atoms with E-state index in [2.05, 4.69) is 25.7 Å². The van der Waals surface area contributed by atoms with Gasteiger partial charge in [-0.2, -0.15) is 0 Å². The fraction of sp³-hybridized carbons (Fsp3) is 0.471. The molecule has 4 nitrogen and oxygen atoms in total. The van der Waals surface area contributed by atoms with Crippen molar-refractivity contribution in [3.63, 3.8) is 0 Å². The number of nitrogens with one attached hydrogen (secondary N) is 1. The van der Waals surface area contributed by atoms with Gasteiger partial charge in [0.25, 0.3) is 0 Å². The third kappa shape index (κ3) is 6.34. The molecule has 0 spiro atoms. The normalized spacial score (nSPS) is 10.0. The number of benzene rings is 1. The molecule has 0 aliphatic carbocycles. The van der Waals surface area contributed by atoms with Crippen LogP contribution in [0.5, 0.6) is 5.75 Å². The quantitative estimate of drug-likeness (QED) is 0.672. The summed E-state index contributed by atoms with van der Waals surface area (Å²) >= 11 is 0. The lowest BCUT2D eigenvalue weighted by Gasteiger charge is -2.22. The zero-order valence-corrected chi connectivity index (χ0v) is 13.1. The molecule has 116 valence electrons. The molecule has 0 aromatic heterocycles. The van der Waals surface area contributed by atoms with Gasteiger partial charge in [0, 0.05) is 24.8 Å². The van der Waals surface area contributed by atoms with Crippen molar-refractivity contribution < 1.29 is 9.53 Å². The van der Waals surface area contributed by atoms with Gasteiger partial charge in [0.1, 0.15) is 12.4 Å². The van der Waals surface area contributed by atoms with Crippen LogP contribution in [0, 0.1) is 0 Å². The van der Waals surface area contributed by atoms with E-state index in [1.165, 1.54) is 0 Å². The maximum Gasteiger partial charge on any atom is 0.241 e. The summed E-state index contributed by atoms with van der Waals surface area (Å²) < 4.78 is 5.47. The summed E-state index contributed by atoms with van der Waals surface area (Å²) in [5.74, 6) is 0.905. The predicted molar refractivity (Wildman–Crippen MR) is 87.8 cm³/mol. The van der Waals surface area contributed by atoms with Crippen molar-refractivity contribution in [3.8, 4) is 5.75 Å². The molecular weight excluding hydrogens is 264 g/mol. The second-order valence-electron chi connectivity index (χ2n) is 4.86. The van der Waals surface area contributed by atoms with Crippen molar-refractivity contribution in [1.82, 2.24) is 4.90 Å². The Balaban J connectivity index is 2.53. The number of hydrogen-bond acceptors (Lipinski definition) is 3. The molecule has 1 rings (SSSR count). The van der Waals surface area contributed by atoms with Crippen molar-refractivity contribution >= 4 is 11.6 Å². The Morgan fingerprint density at radius 2 is 2.05 bits per heavy atom. The number of anilines is 1. The maximum atomic E-state index is 12.2. The van der Waals surface area contributed by atoms with E-state index in [-0.39, 0.29) is 5.91 Å². The lowest BCUT2D eigenvalue weighted by molar-refractivity contribution is -0.129. The second-order valence-corrected chi connectivity index (χ2v) is 4.86. The van der Waals surface area contributed by atoms with Crippen molar-refractivity contribution in [2.75, 3.05) is 31.6 Å². The summed E-state index contributed by atoms with van der Waals surface area (Å²) in [6, 6.07) is 7.61. The van der Waals surface area contributed by atoms with Crippen LogP contribution in [0.1, 0.15) is 26.7 Å². The first-order valence-corrected chi connectivity index (χ1v) is 7.56. The van der Waals surface area contributed by atoms with E-state index in [4.69, 9.17) is 4.74 Å². The molecule has 0 radical (unpaired) electrons. The molecule has 0 saturated heterocycles. The number of nitrogens with zero attached hydrogens (tertiary/aromatic N) is 1. The van der Waals surface area contributed by atoms with Gasteiger partial charge in [0.2, 0.25) is 5.91 Å². The first-order valence-electron chi connectivity index (χ1n) is 7.56. The van der Waals surface area contributed by atoms with Crippen LogP contribution in [0.4, 0.5) is 5.69 Å². The highest BCUT2D eigenvalue weighted by Gasteiger charge is 2.11. The minimum Gasteiger partial charge on any atom is -0.489 e. The Bertz CT molecular complexity index is 440. The molecule has 21 heavy (non-hydrogen) atoms. The number of ether oxygens (including phenoxy) is 1. The molecule has 1 aromatic rings. The lowest BCUT2D eigenvalue weighted by atomic mass is 10.3. The van der Waals surface area contributed by atoms with E-state index >= 15 is 0 Å². The van der Waals surface area contributed by atoms with Gasteiger partial charge in [-0.05, 0) is 25.0 Å². The third-order valence-electron chi connectivity index (χ3n) is 2.99. The van der Waals surface area contributed by atoms with E-state index in [9.17, 15) is 4.79 Å². The van der Waals surface area contributed by atoms with E-state index in [0.717, 1.165) is 37.4 Å².